The van der Waals surface area contributed by atoms with Crippen molar-refractivity contribution >= 4 is 29.3 Å². The molecule has 0 saturated heterocycles. The third kappa shape index (κ3) is 6.50. The number of benzene rings is 1. The van der Waals surface area contributed by atoms with E-state index in [2.05, 4.69) is 10.6 Å². The Balaban J connectivity index is 1.73. The Hall–Kier alpha value is -2.15. The molecule has 0 aliphatic heterocycles. The van der Waals surface area contributed by atoms with Crippen molar-refractivity contribution in [3.05, 3.63) is 35.9 Å². The zero-order chi connectivity index (χ0) is 20.0. The van der Waals surface area contributed by atoms with Gasteiger partial charge in [-0.3, -0.25) is 10.1 Å². The molecule has 2 amide bonds. The van der Waals surface area contributed by atoms with Gasteiger partial charge >= 0.3 is 6.09 Å². The van der Waals surface area contributed by atoms with Gasteiger partial charge in [0.2, 0.25) is 0 Å². The summed E-state index contributed by atoms with van der Waals surface area (Å²) in [5, 5.41) is 6.23. The van der Waals surface area contributed by atoms with Crippen LogP contribution in [-0.2, 0) is 4.74 Å². The van der Waals surface area contributed by atoms with E-state index in [-0.39, 0.29) is 29.7 Å². The molecule has 0 radical (unpaired) electrons. The van der Waals surface area contributed by atoms with E-state index >= 15 is 0 Å². The zero-order valence-corrected chi connectivity index (χ0v) is 17.3. The first kappa shape index (κ1) is 21.2. The largest absolute Gasteiger partial charge is 0.446 e. The van der Waals surface area contributed by atoms with E-state index in [1.54, 1.807) is 24.1 Å². The molecule has 0 unspecified atom stereocenters. The Kier molecular flexibility index (Phi) is 7.18. The molecule has 1 fully saturated rings. The molecule has 0 heterocycles. The van der Waals surface area contributed by atoms with E-state index in [4.69, 9.17) is 17.0 Å². The average molecular weight is 392 g/mol. The number of thiocarbonyl (C=S) groups is 1. The fourth-order valence-electron chi connectivity index (χ4n) is 2.81. The van der Waals surface area contributed by atoms with E-state index in [0.717, 1.165) is 25.7 Å². The van der Waals surface area contributed by atoms with Crippen molar-refractivity contribution in [2.45, 2.75) is 64.1 Å². The molecule has 1 aromatic rings. The summed E-state index contributed by atoms with van der Waals surface area (Å²) >= 11 is 5.25. The summed E-state index contributed by atoms with van der Waals surface area (Å²) < 4.78 is 5.61. The monoisotopic (exact) mass is 391 g/mol. The fourth-order valence-corrected chi connectivity index (χ4v) is 3.07. The number of hydrogen-bond donors (Lipinski definition) is 2. The van der Waals surface area contributed by atoms with Gasteiger partial charge < -0.3 is 15.0 Å². The smallest absolute Gasteiger partial charge is 0.410 e. The highest BCUT2D eigenvalue weighted by Gasteiger charge is 2.29. The molecule has 1 aromatic carbocycles. The van der Waals surface area contributed by atoms with Crippen LogP contribution in [0.4, 0.5) is 4.79 Å². The highest BCUT2D eigenvalue weighted by atomic mass is 32.1. The van der Waals surface area contributed by atoms with Gasteiger partial charge in [-0.25, -0.2) is 4.79 Å². The van der Waals surface area contributed by atoms with E-state index in [9.17, 15) is 9.59 Å². The van der Waals surface area contributed by atoms with Crippen molar-refractivity contribution < 1.29 is 14.3 Å². The van der Waals surface area contributed by atoms with Crippen LogP contribution < -0.4 is 10.6 Å². The molecule has 0 atom stereocenters. The summed E-state index contributed by atoms with van der Waals surface area (Å²) in [4.78, 5) is 25.9. The first-order valence-electron chi connectivity index (χ1n) is 9.28. The molecule has 2 rings (SSSR count). The summed E-state index contributed by atoms with van der Waals surface area (Å²) in [6.07, 6.45) is 2.85. The van der Waals surface area contributed by atoms with Crippen molar-refractivity contribution in [1.82, 2.24) is 15.5 Å². The Morgan fingerprint density at radius 2 is 1.70 bits per heavy atom. The molecule has 0 aromatic heterocycles. The SMILES string of the molecule is CN(C(=O)OC1CCC(NC(=S)NC(=O)c2ccccc2)CC1)C(C)(C)C. The maximum Gasteiger partial charge on any atom is 0.410 e. The first-order chi connectivity index (χ1) is 12.7. The van der Waals surface area contributed by atoms with E-state index < -0.39 is 0 Å². The number of amides is 2. The van der Waals surface area contributed by atoms with Crippen LogP contribution in [0.1, 0.15) is 56.8 Å². The van der Waals surface area contributed by atoms with Crippen LogP contribution in [0.2, 0.25) is 0 Å². The number of hydrogen-bond acceptors (Lipinski definition) is 4. The number of carbonyl (C=O) groups excluding carboxylic acids is 2. The van der Waals surface area contributed by atoms with E-state index in [0.29, 0.717) is 10.7 Å². The van der Waals surface area contributed by atoms with Crippen molar-refractivity contribution in [2.75, 3.05) is 7.05 Å². The van der Waals surface area contributed by atoms with Crippen LogP contribution in [0.5, 0.6) is 0 Å². The normalized spacial score (nSPS) is 19.7. The molecule has 27 heavy (non-hydrogen) atoms. The minimum atomic E-state index is -0.287. The van der Waals surface area contributed by atoms with Gasteiger partial charge in [0.15, 0.2) is 5.11 Å². The minimum absolute atomic E-state index is 0.0761. The fraction of sp³-hybridized carbons (Fsp3) is 0.550. The Labute approximate surface area is 166 Å². The lowest BCUT2D eigenvalue weighted by molar-refractivity contribution is 0.0301. The molecular formula is C20H29N3O3S. The number of ether oxygens (including phenoxy) is 1. The van der Waals surface area contributed by atoms with Gasteiger partial charge in [-0.2, -0.15) is 0 Å². The standard InChI is InChI=1S/C20H29N3O3S/c1-20(2,3)23(4)19(25)26-16-12-10-15(11-13-16)21-18(27)22-17(24)14-8-6-5-7-9-14/h5-9,15-16H,10-13H2,1-4H3,(H2,21,22,24,27). The summed E-state index contributed by atoms with van der Waals surface area (Å²) in [6, 6.07) is 9.13. The third-order valence-corrected chi connectivity index (χ3v) is 5.04. The first-order valence-corrected chi connectivity index (χ1v) is 9.69. The van der Waals surface area contributed by atoms with Gasteiger partial charge in [0, 0.05) is 24.2 Å². The van der Waals surface area contributed by atoms with Crippen molar-refractivity contribution in [3.8, 4) is 0 Å². The highest BCUT2D eigenvalue weighted by molar-refractivity contribution is 7.80. The summed E-state index contributed by atoms with van der Waals surface area (Å²) in [5.74, 6) is -0.221. The Bertz CT molecular complexity index is 665. The van der Waals surface area contributed by atoms with Crippen LogP contribution >= 0.6 is 12.2 Å². The van der Waals surface area contributed by atoms with Crippen molar-refractivity contribution in [1.29, 1.82) is 0 Å². The van der Waals surface area contributed by atoms with Crippen LogP contribution in [0.15, 0.2) is 30.3 Å². The molecule has 6 nitrogen and oxygen atoms in total. The maximum atomic E-state index is 12.2. The van der Waals surface area contributed by atoms with Gasteiger partial charge in [0.1, 0.15) is 6.10 Å². The lowest BCUT2D eigenvalue weighted by Gasteiger charge is -2.34. The van der Waals surface area contributed by atoms with Crippen molar-refractivity contribution in [2.24, 2.45) is 0 Å². The predicted octanol–water partition coefficient (Wildman–Crippen LogP) is 3.47. The average Bonchev–Trinajstić information content (AvgIpc) is 2.62. The van der Waals surface area contributed by atoms with Crippen LogP contribution in [0.25, 0.3) is 0 Å². The van der Waals surface area contributed by atoms with E-state index in [1.807, 2.05) is 39.0 Å². The molecule has 148 valence electrons. The number of nitrogens with one attached hydrogen (secondary N) is 2. The second-order valence-corrected chi connectivity index (χ2v) is 8.29. The second kappa shape index (κ2) is 9.17. The Morgan fingerprint density at radius 3 is 2.26 bits per heavy atom. The summed E-state index contributed by atoms with van der Waals surface area (Å²) in [7, 11) is 1.75. The molecule has 1 aliphatic rings. The zero-order valence-electron chi connectivity index (χ0n) is 16.5. The summed E-state index contributed by atoms with van der Waals surface area (Å²) in [5.41, 5.74) is 0.305. The molecule has 1 saturated carbocycles. The van der Waals surface area contributed by atoms with Crippen LogP contribution in [0.3, 0.4) is 0 Å². The second-order valence-electron chi connectivity index (χ2n) is 7.88. The van der Waals surface area contributed by atoms with Gasteiger partial charge in [0.25, 0.3) is 5.91 Å². The molecule has 2 N–H and O–H groups in total. The predicted molar refractivity (Wildman–Crippen MR) is 110 cm³/mol. The number of nitrogens with zero attached hydrogens (tertiary/aromatic N) is 1. The van der Waals surface area contributed by atoms with Crippen LogP contribution in [-0.4, -0.2) is 46.7 Å². The van der Waals surface area contributed by atoms with Crippen molar-refractivity contribution in [3.63, 3.8) is 0 Å². The molecular weight excluding hydrogens is 362 g/mol. The quantitative estimate of drug-likeness (QED) is 0.772. The third-order valence-electron chi connectivity index (χ3n) is 4.82. The summed E-state index contributed by atoms with van der Waals surface area (Å²) in [6.45, 7) is 5.92. The molecule has 7 heteroatoms. The topological polar surface area (TPSA) is 70.7 Å². The molecule has 0 bridgehead atoms. The maximum absolute atomic E-state index is 12.2. The highest BCUT2D eigenvalue weighted by Crippen LogP contribution is 2.23. The van der Waals surface area contributed by atoms with Gasteiger partial charge in [-0.1, -0.05) is 18.2 Å². The lowest BCUT2D eigenvalue weighted by atomic mass is 9.93. The number of carbonyl (C=O) groups is 2. The van der Waals surface area contributed by atoms with Gasteiger partial charge in [-0.15, -0.1) is 0 Å². The van der Waals surface area contributed by atoms with E-state index in [1.165, 1.54) is 0 Å². The van der Waals surface area contributed by atoms with Gasteiger partial charge in [-0.05, 0) is 70.8 Å². The van der Waals surface area contributed by atoms with Crippen LogP contribution in [0, 0.1) is 0 Å². The minimum Gasteiger partial charge on any atom is -0.446 e. The Morgan fingerprint density at radius 1 is 1.11 bits per heavy atom. The van der Waals surface area contributed by atoms with Gasteiger partial charge in [0.05, 0.1) is 0 Å². The molecule has 1 aliphatic carbocycles. The number of rotatable bonds is 3. The molecule has 0 spiro atoms. The lowest BCUT2D eigenvalue weighted by Crippen LogP contribution is -2.47.